The number of carbonyl (C=O) groups is 1. The molecule has 1 aromatic rings. The minimum Gasteiger partial charge on any atom is -0.487 e. The number of hydrogen-bond donors (Lipinski definition) is 1. The molecule has 0 heterocycles. The minimum absolute atomic E-state index is 0.0921. The highest BCUT2D eigenvalue weighted by molar-refractivity contribution is 5.85. The van der Waals surface area contributed by atoms with E-state index in [1.807, 2.05) is 0 Å². The first-order valence-electron chi connectivity index (χ1n) is 5.28. The molecule has 0 fully saturated rings. The Morgan fingerprint density at radius 1 is 1.25 bits per heavy atom. The molecule has 0 aliphatic carbocycles. The van der Waals surface area contributed by atoms with Gasteiger partial charge in [-0.3, -0.25) is 0 Å². The molecule has 1 N–H and O–H groups in total. The van der Waals surface area contributed by atoms with Crippen molar-refractivity contribution >= 4 is 12.0 Å². The highest BCUT2D eigenvalue weighted by atomic mass is 19.4. The fraction of sp³-hybridized carbons (Fsp3) is 0.250. The van der Waals surface area contributed by atoms with Crippen molar-refractivity contribution in [1.82, 2.24) is 0 Å². The topological polar surface area (TPSA) is 46.5 Å². The monoisotopic (exact) mass is 296 g/mol. The van der Waals surface area contributed by atoms with E-state index >= 15 is 0 Å². The SMILES string of the molecule is O=C(O)C=Cc1cc(F)c(OCCC(F)(F)F)c(F)c1. The van der Waals surface area contributed by atoms with Gasteiger partial charge in [-0.25, -0.2) is 13.6 Å². The Bertz CT molecular complexity index is 499. The van der Waals surface area contributed by atoms with E-state index in [0.717, 1.165) is 18.2 Å². The maximum atomic E-state index is 13.4. The average molecular weight is 296 g/mol. The van der Waals surface area contributed by atoms with E-state index in [9.17, 15) is 26.7 Å². The lowest BCUT2D eigenvalue weighted by Gasteiger charge is -2.10. The lowest BCUT2D eigenvalue weighted by Crippen LogP contribution is -2.14. The number of halogens is 5. The Hall–Kier alpha value is -2.12. The molecule has 0 saturated carbocycles. The number of benzene rings is 1. The first kappa shape index (κ1) is 15.9. The molecule has 0 unspecified atom stereocenters. The van der Waals surface area contributed by atoms with Crippen molar-refractivity contribution < 1.29 is 36.6 Å². The van der Waals surface area contributed by atoms with Gasteiger partial charge in [0.1, 0.15) is 0 Å². The average Bonchev–Trinajstić information content (AvgIpc) is 2.28. The Morgan fingerprint density at radius 2 is 1.80 bits per heavy atom. The van der Waals surface area contributed by atoms with Gasteiger partial charge in [-0.2, -0.15) is 13.2 Å². The normalized spacial score (nSPS) is 11.8. The summed E-state index contributed by atoms with van der Waals surface area (Å²) in [6.45, 7) is -0.915. The van der Waals surface area contributed by atoms with Crippen molar-refractivity contribution in [3.05, 3.63) is 35.4 Å². The Labute approximate surface area is 110 Å². The van der Waals surface area contributed by atoms with E-state index < -0.39 is 42.6 Å². The van der Waals surface area contributed by atoms with Gasteiger partial charge in [0.15, 0.2) is 17.4 Å². The summed E-state index contributed by atoms with van der Waals surface area (Å²) in [5, 5.41) is 8.35. The molecule has 0 bridgehead atoms. The number of carboxylic acids is 1. The van der Waals surface area contributed by atoms with Crippen LogP contribution in [0.4, 0.5) is 22.0 Å². The Morgan fingerprint density at radius 3 is 2.25 bits per heavy atom. The first-order valence-corrected chi connectivity index (χ1v) is 5.28. The summed E-state index contributed by atoms with van der Waals surface area (Å²) < 4.78 is 66.9. The van der Waals surface area contributed by atoms with Gasteiger partial charge in [0.25, 0.3) is 0 Å². The lowest BCUT2D eigenvalue weighted by atomic mass is 10.2. The van der Waals surface area contributed by atoms with E-state index in [2.05, 4.69) is 4.74 Å². The Balaban J connectivity index is 2.81. The molecule has 110 valence electrons. The molecule has 0 saturated heterocycles. The van der Waals surface area contributed by atoms with Crippen LogP contribution in [0.25, 0.3) is 6.08 Å². The molecular weight excluding hydrogens is 287 g/mol. The van der Waals surface area contributed by atoms with Gasteiger partial charge < -0.3 is 9.84 Å². The van der Waals surface area contributed by atoms with Gasteiger partial charge in [-0.05, 0) is 23.8 Å². The second-order valence-corrected chi connectivity index (χ2v) is 3.70. The van der Waals surface area contributed by atoms with Crippen LogP contribution in [0.2, 0.25) is 0 Å². The summed E-state index contributed by atoms with van der Waals surface area (Å²) in [7, 11) is 0. The molecule has 20 heavy (non-hydrogen) atoms. The predicted octanol–water partition coefficient (Wildman–Crippen LogP) is 3.39. The van der Waals surface area contributed by atoms with Crippen LogP contribution in [0.3, 0.4) is 0 Å². The molecule has 0 radical (unpaired) electrons. The third kappa shape index (κ3) is 5.25. The van der Waals surface area contributed by atoms with Gasteiger partial charge in [-0.1, -0.05) is 0 Å². The van der Waals surface area contributed by atoms with Crippen LogP contribution < -0.4 is 4.74 Å². The molecule has 1 aromatic carbocycles. The summed E-state index contributed by atoms with van der Waals surface area (Å²) in [5.74, 6) is -4.66. The van der Waals surface area contributed by atoms with Crippen LogP contribution in [-0.4, -0.2) is 23.9 Å². The fourth-order valence-electron chi connectivity index (χ4n) is 1.25. The van der Waals surface area contributed by atoms with Crippen LogP contribution in [-0.2, 0) is 4.79 Å². The van der Waals surface area contributed by atoms with E-state index in [1.165, 1.54) is 0 Å². The second kappa shape index (κ2) is 6.36. The smallest absolute Gasteiger partial charge is 0.392 e. The zero-order chi connectivity index (χ0) is 15.3. The molecule has 3 nitrogen and oxygen atoms in total. The van der Waals surface area contributed by atoms with Crippen molar-refractivity contribution in [2.75, 3.05) is 6.61 Å². The quantitative estimate of drug-likeness (QED) is 0.669. The standard InChI is InChI=1S/C12H9F5O3/c13-8-5-7(1-2-10(18)19)6-9(14)11(8)20-4-3-12(15,16)17/h1-2,5-6H,3-4H2,(H,18,19). The summed E-state index contributed by atoms with van der Waals surface area (Å²) >= 11 is 0. The number of ether oxygens (including phenoxy) is 1. The largest absolute Gasteiger partial charge is 0.487 e. The zero-order valence-corrected chi connectivity index (χ0v) is 9.88. The molecule has 8 heteroatoms. The van der Waals surface area contributed by atoms with Crippen molar-refractivity contribution in [2.45, 2.75) is 12.6 Å². The Kier molecular flexibility index (Phi) is 5.06. The maximum absolute atomic E-state index is 13.4. The van der Waals surface area contributed by atoms with Gasteiger partial charge in [0.2, 0.25) is 0 Å². The summed E-state index contributed by atoms with van der Waals surface area (Å²) in [5.41, 5.74) is -0.0921. The maximum Gasteiger partial charge on any atom is 0.392 e. The van der Waals surface area contributed by atoms with Crippen LogP contribution in [0.5, 0.6) is 5.75 Å². The van der Waals surface area contributed by atoms with Crippen LogP contribution >= 0.6 is 0 Å². The number of alkyl halides is 3. The predicted molar refractivity (Wildman–Crippen MR) is 59.2 cm³/mol. The van der Waals surface area contributed by atoms with Crippen molar-refractivity contribution in [3.8, 4) is 5.75 Å². The third-order valence-corrected chi connectivity index (χ3v) is 2.07. The van der Waals surface area contributed by atoms with E-state index in [1.54, 1.807) is 0 Å². The van der Waals surface area contributed by atoms with Gasteiger partial charge in [0.05, 0.1) is 13.0 Å². The molecule has 0 amide bonds. The van der Waals surface area contributed by atoms with Crippen LogP contribution in [0.15, 0.2) is 18.2 Å². The van der Waals surface area contributed by atoms with Gasteiger partial charge in [0, 0.05) is 6.08 Å². The lowest BCUT2D eigenvalue weighted by molar-refractivity contribution is -0.139. The molecule has 1 rings (SSSR count). The minimum atomic E-state index is -4.49. The highest BCUT2D eigenvalue weighted by Crippen LogP contribution is 2.26. The summed E-state index contributed by atoms with van der Waals surface area (Å²) in [6, 6.07) is 1.51. The van der Waals surface area contributed by atoms with E-state index in [-0.39, 0.29) is 5.56 Å². The molecule has 0 atom stereocenters. The zero-order valence-electron chi connectivity index (χ0n) is 9.88. The number of rotatable bonds is 5. The third-order valence-electron chi connectivity index (χ3n) is 2.07. The number of hydrogen-bond acceptors (Lipinski definition) is 2. The molecule has 0 aromatic heterocycles. The van der Waals surface area contributed by atoms with Crippen molar-refractivity contribution in [1.29, 1.82) is 0 Å². The van der Waals surface area contributed by atoms with Crippen LogP contribution in [0, 0.1) is 11.6 Å². The van der Waals surface area contributed by atoms with Crippen molar-refractivity contribution in [3.63, 3.8) is 0 Å². The second-order valence-electron chi connectivity index (χ2n) is 3.70. The molecular formula is C12H9F5O3. The molecule has 0 aliphatic rings. The fourth-order valence-corrected chi connectivity index (χ4v) is 1.25. The molecule has 0 aliphatic heterocycles. The van der Waals surface area contributed by atoms with Gasteiger partial charge >= 0.3 is 12.1 Å². The number of carboxylic acid groups (broad SMARTS) is 1. The van der Waals surface area contributed by atoms with Crippen LogP contribution in [0.1, 0.15) is 12.0 Å². The van der Waals surface area contributed by atoms with Crippen molar-refractivity contribution in [2.24, 2.45) is 0 Å². The summed E-state index contributed by atoms with van der Waals surface area (Å²) in [6.07, 6.45) is -4.23. The first-order chi connectivity index (χ1) is 9.19. The van der Waals surface area contributed by atoms with E-state index in [0.29, 0.717) is 6.08 Å². The highest BCUT2D eigenvalue weighted by Gasteiger charge is 2.27. The summed E-state index contributed by atoms with van der Waals surface area (Å²) in [4.78, 5) is 10.2. The number of aliphatic carboxylic acids is 1. The van der Waals surface area contributed by atoms with Gasteiger partial charge in [-0.15, -0.1) is 0 Å². The van der Waals surface area contributed by atoms with E-state index in [4.69, 9.17) is 5.11 Å². The molecule has 0 spiro atoms.